The summed E-state index contributed by atoms with van der Waals surface area (Å²) in [4.78, 5) is 2.47. The van der Waals surface area contributed by atoms with Gasteiger partial charge in [0.2, 0.25) is 0 Å². The van der Waals surface area contributed by atoms with Crippen LogP contribution < -0.4 is 15.6 Å². The molecule has 0 aliphatic carbocycles. The lowest BCUT2D eigenvalue weighted by molar-refractivity contribution is 0.160. The molecule has 150 valence electrons. The molecule has 2 aromatic carbocycles. The van der Waals surface area contributed by atoms with Gasteiger partial charge in [-0.1, -0.05) is 43.3 Å². The topological polar surface area (TPSA) is 56.8 Å². The number of hydrazine groups is 1. The van der Waals surface area contributed by atoms with E-state index in [9.17, 15) is 5.11 Å². The molecule has 0 spiro atoms. The molecule has 4 rings (SSSR count). The number of ether oxygens (including phenoxy) is 1. The Kier molecular flexibility index (Phi) is 6.15. The van der Waals surface area contributed by atoms with Gasteiger partial charge >= 0.3 is 0 Å². The van der Waals surface area contributed by atoms with Crippen LogP contribution in [0, 0.1) is 5.92 Å². The van der Waals surface area contributed by atoms with Crippen molar-refractivity contribution in [1.82, 2.24) is 15.8 Å². The van der Waals surface area contributed by atoms with Crippen molar-refractivity contribution in [2.75, 3.05) is 32.8 Å². The fourth-order valence-corrected chi connectivity index (χ4v) is 4.26. The van der Waals surface area contributed by atoms with Crippen LogP contribution in [0.4, 0.5) is 0 Å². The molecule has 2 aliphatic rings. The first kappa shape index (κ1) is 19.2. The van der Waals surface area contributed by atoms with Crippen LogP contribution in [-0.4, -0.2) is 42.8 Å². The molecule has 5 nitrogen and oxygen atoms in total. The van der Waals surface area contributed by atoms with Crippen molar-refractivity contribution in [3.8, 4) is 11.5 Å². The van der Waals surface area contributed by atoms with Crippen molar-refractivity contribution in [2.24, 2.45) is 5.92 Å². The molecule has 2 fully saturated rings. The minimum atomic E-state index is 0.0341. The van der Waals surface area contributed by atoms with Gasteiger partial charge in [0.05, 0.1) is 6.04 Å². The molecule has 2 saturated heterocycles. The normalized spacial score (nSPS) is 23.8. The molecule has 2 atom stereocenters. The third kappa shape index (κ3) is 4.49. The largest absolute Gasteiger partial charge is 0.507 e. The summed E-state index contributed by atoms with van der Waals surface area (Å²) >= 11 is 0. The highest BCUT2D eigenvalue weighted by Crippen LogP contribution is 2.38. The quantitative estimate of drug-likeness (QED) is 0.716. The Morgan fingerprint density at radius 1 is 1.11 bits per heavy atom. The summed E-state index contributed by atoms with van der Waals surface area (Å²) in [6, 6.07) is 16.2. The number of benzene rings is 2. The maximum Gasteiger partial charge on any atom is 0.124 e. The number of hydrogen-bond donors (Lipinski definition) is 3. The highest BCUT2D eigenvalue weighted by atomic mass is 16.5. The number of phenolic OH excluding ortho intramolecular Hbond substituents is 1. The van der Waals surface area contributed by atoms with E-state index in [0.29, 0.717) is 6.61 Å². The average Bonchev–Trinajstić information content (AvgIpc) is 3.20. The summed E-state index contributed by atoms with van der Waals surface area (Å²) in [6.07, 6.45) is 2.56. The van der Waals surface area contributed by atoms with Gasteiger partial charge in [0.25, 0.3) is 0 Å². The molecule has 5 heteroatoms. The first-order valence-corrected chi connectivity index (χ1v) is 10.4. The van der Waals surface area contributed by atoms with E-state index in [2.05, 4.69) is 46.9 Å². The second-order valence-corrected chi connectivity index (χ2v) is 8.11. The third-order valence-corrected chi connectivity index (χ3v) is 6.10. The van der Waals surface area contributed by atoms with Gasteiger partial charge in [0.1, 0.15) is 18.1 Å². The summed E-state index contributed by atoms with van der Waals surface area (Å²) in [5, 5.41) is 10.6. The Balaban J connectivity index is 1.36. The predicted molar refractivity (Wildman–Crippen MR) is 112 cm³/mol. The molecule has 2 unspecified atom stereocenters. The Bertz CT molecular complexity index is 760. The van der Waals surface area contributed by atoms with Crippen LogP contribution in [0.15, 0.2) is 48.5 Å². The number of aromatic hydroxyl groups is 1. The molecular weight excluding hydrogens is 350 g/mol. The number of rotatable bonds is 6. The van der Waals surface area contributed by atoms with Gasteiger partial charge < -0.3 is 9.84 Å². The van der Waals surface area contributed by atoms with Gasteiger partial charge in [0.15, 0.2) is 0 Å². The number of nitrogens with zero attached hydrogens (tertiary/aromatic N) is 1. The van der Waals surface area contributed by atoms with Crippen LogP contribution in [0.5, 0.6) is 11.5 Å². The lowest BCUT2D eigenvalue weighted by Crippen LogP contribution is -2.35. The number of hydrogen-bond acceptors (Lipinski definition) is 5. The van der Waals surface area contributed by atoms with Crippen LogP contribution in [0.3, 0.4) is 0 Å². The van der Waals surface area contributed by atoms with Gasteiger partial charge in [-0.3, -0.25) is 10.3 Å². The maximum atomic E-state index is 10.6. The van der Waals surface area contributed by atoms with Gasteiger partial charge in [-0.05, 0) is 43.5 Å². The smallest absolute Gasteiger partial charge is 0.124 e. The lowest BCUT2D eigenvalue weighted by Gasteiger charge is -2.29. The van der Waals surface area contributed by atoms with E-state index in [1.54, 1.807) is 6.07 Å². The van der Waals surface area contributed by atoms with Gasteiger partial charge in [-0.25, -0.2) is 5.43 Å². The Morgan fingerprint density at radius 3 is 2.64 bits per heavy atom. The van der Waals surface area contributed by atoms with E-state index >= 15 is 0 Å². The predicted octanol–water partition coefficient (Wildman–Crippen LogP) is 3.44. The highest BCUT2D eigenvalue weighted by molar-refractivity contribution is 5.43. The van der Waals surface area contributed by atoms with Gasteiger partial charge in [-0.2, -0.15) is 0 Å². The molecule has 3 N–H and O–H groups in total. The van der Waals surface area contributed by atoms with Crippen molar-refractivity contribution < 1.29 is 9.84 Å². The van der Waals surface area contributed by atoms with Crippen molar-refractivity contribution >= 4 is 0 Å². The van der Waals surface area contributed by atoms with E-state index in [1.807, 2.05) is 18.2 Å². The molecule has 2 aromatic rings. The van der Waals surface area contributed by atoms with Crippen LogP contribution in [-0.2, 0) is 0 Å². The van der Waals surface area contributed by atoms with Gasteiger partial charge in [-0.15, -0.1) is 0 Å². The summed E-state index contributed by atoms with van der Waals surface area (Å²) in [5.74, 6) is 2.14. The minimum Gasteiger partial charge on any atom is -0.507 e. The van der Waals surface area contributed by atoms with Crippen LogP contribution in [0.2, 0.25) is 0 Å². The Labute approximate surface area is 167 Å². The fourth-order valence-electron chi connectivity index (χ4n) is 4.26. The number of phenols is 1. The zero-order valence-corrected chi connectivity index (χ0v) is 16.6. The van der Waals surface area contributed by atoms with E-state index in [1.165, 1.54) is 18.4 Å². The van der Waals surface area contributed by atoms with E-state index in [-0.39, 0.29) is 17.7 Å². The second-order valence-electron chi connectivity index (χ2n) is 8.11. The molecule has 2 aliphatic heterocycles. The first-order chi connectivity index (χ1) is 13.7. The molecule has 28 heavy (non-hydrogen) atoms. The monoisotopic (exact) mass is 381 g/mol. The van der Waals surface area contributed by atoms with E-state index in [4.69, 9.17) is 4.74 Å². The van der Waals surface area contributed by atoms with Gasteiger partial charge in [0, 0.05) is 30.6 Å². The third-order valence-electron chi connectivity index (χ3n) is 6.10. The van der Waals surface area contributed by atoms with Crippen molar-refractivity contribution in [2.45, 2.75) is 31.7 Å². The van der Waals surface area contributed by atoms with Crippen molar-refractivity contribution in [3.05, 3.63) is 59.7 Å². The molecule has 2 heterocycles. The maximum absolute atomic E-state index is 10.6. The second kappa shape index (κ2) is 8.95. The number of likely N-dealkylation sites (tertiary alicyclic amines) is 1. The number of piperidine rings is 1. The van der Waals surface area contributed by atoms with E-state index in [0.717, 1.165) is 43.4 Å². The Morgan fingerprint density at radius 2 is 1.89 bits per heavy atom. The molecule has 0 saturated carbocycles. The van der Waals surface area contributed by atoms with E-state index < -0.39 is 0 Å². The first-order valence-electron chi connectivity index (χ1n) is 10.4. The lowest BCUT2D eigenvalue weighted by atomic mass is 9.88. The van der Waals surface area contributed by atoms with Crippen LogP contribution in [0.1, 0.15) is 42.9 Å². The standard InChI is InChI=1S/C23H31N3O2/c1-17-9-11-26(12-10-17)13-14-28-19-7-8-20(22(27)15-19)23-21(16-24-25-23)18-5-3-2-4-6-18/h2-8,15,17,21,23-25,27H,9-14,16H2,1H3. The Hall–Kier alpha value is -2.08. The fraction of sp³-hybridized carbons (Fsp3) is 0.478. The molecule has 0 radical (unpaired) electrons. The summed E-state index contributed by atoms with van der Waals surface area (Å²) in [6.45, 7) is 7.09. The zero-order valence-electron chi connectivity index (χ0n) is 16.6. The molecule has 0 bridgehead atoms. The summed E-state index contributed by atoms with van der Waals surface area (Å²) < 4.78 is 5.91. The van der Waals surface area contributed by atoms with Crippen molar-refractivity contribution in [1.29, 1.82) is 0 Å². The molecule has 0 amide bonds. The molecule has 0 aromatic heterocycles. The van der Waals surface area contributed by atoms with Crippen molar-refractivity contribution in [3.63, 3.8) is 0 Å². The number of nitrogens with one attached hydrogen (secondary N) is 2. The van der Waals surface area contributed by atoms with Crippen LogP contribution in [0.25, 0.3) is 0 Å². The SMILES string of the molecule is CC1CCN(CCOc2ccc(C3NNCC3c3ccccc3)c(O)c2)CC1. The zero-order chi connectivity index (χ0) is 19.3. The van der Waals surface area contributed by atoms with Crippen LogP contribution >= 0.6 is 0 Å². The average molecular weight is 382 g/mol. The molecular formula is C23H31N3O2. The summed E-state index contributed by atoms with van der Waals surface area (Å²) in [7, 11) is 0. The highest BCUT2D eigenvalue weighted by Gasteiger charge is 2.31. The minimum absolute atomic E-state index is 0.0341. The summed E-state index contributed by atoms with van der Waals surface area (Å²) in [5.41, 5.74) is 8.71.